The maximum atomic E-state index is 11.6. The minimum atomic E-state index is -0.226. The van der Waals surface area contributed by atoms with E-state index in [0.29, 0.717) is 19.1 Å². The Morgan fingerprint density at radius 1 is 1.40 bits per heavy atom. The molecule has 2 unspecified atom stereocenters. The Hall–Kier alpha value is -0.610. The van der Waals surface area contributed by atoms with E-state index in [4.69, 9.17) is 4.74 Å². The zero-order chi connectivity index (χ0) is 10.7. The van der Waals surface area contributed by atoms with Crippen molar-refractivity contribution in [1.82, 2.24) is 5.32 Å². The third-order valence-corrected chi connectivity index (χ3v) is 3.30. The molecule has 4 nitrogen and oxygen atoms in total. The van der Waals surface area contributed by atoms with Gasteiger partial charge in [0, 0.05) is 13.2 Å². The van der Waals surface area contributed by atoms with Crippen LogP contribution in [0.2, 0.25) is 0 Å². The second-order valence-electron chi connectivity index (χ2n) is 4.58. The lowest BCUT2D eigenvalue weighted by atomic mass is 10.1. The van der Waals surface area contributed by atoms with Gasteiger partial charge in [0.1, 0.15) is 6.10 Å². The number of carbonyl (C=O) groups is 1. The van der Waals surface area contributed by atoms with Gasteiger partial charge in [0.25, 0.3) is 0 Å². The van der Waals surface area contributed by atoms with Crippen LogP contribution in [0.1, 0.15) is 32.1 Å². The quantitative estimate of drug-likeness (QED) is 0.715. The number of rotatable bonds is 3. The van der Waals surface area contributed by atoms with Gasteiger partial charge < -0.3 is 15.2 Å². The molecule has 0 radical (unpaired) electrons. The van der Waals surface area contributed by atoms with E-state index >= 15 is 0 Å². The van der Waals surface area contributed by atoms with Gasteiger partial charge in [-0.2, -0.15) is 0 Å². The van der Waals surface area contributed by atoms with Crippen molar-refractivity contribution in [2.75, 3.05) is 13.2 Å². The van der Waals surface area contributed by atoms with Crippen molar-refractivity contribution >= 4 is 5.91 Å². The van der Waals surface area contributed by atoms with E-state index in [1.807, 2.05) is 0 Å². The van der Waals surface area contributed by atoms with Gasteiger partial charge in [0.05, 0.1) is 6.10 Å². The lowest BCUT2D eigenvalue weighted by Gasteiger charge is -2.13. The van der Waals surface area contributed by atoms with Gasteiger partial charge in [-0.3, -0.25) is 4.79 Å². The maximum absolute atomic E-state index is 11.6. The summed E-state index contributed by atoms with van der Waals surface area (Å²) < 4.78 is 5.29. The van der Waals surface area contributed by atoms with Crippen molar-refractivity contribution in [3.05, 3.63) is 0 Å². The molecule has 2 aliphatic rings. The van der Waals surface area contributed by atoms with E-state index < -0.39 is 0 Å². The van der Waals surface area contributed by atoms with Gasteiger partial charge in [-0.15, -0.1) is 0 Å². The molecule has 2 N–H and O–H groups in total. The van der Waals surface area contributed by atoms with E-state index in [9.17, 15) is 9.90 Å². The summed E-state index contributed by atoms with van der Waals surface area (Å²) in [4.78, 5) is 11.6. The normalized spacial score (nSPS) is 35.7. The molecule has 1 heterocycles. The molecule has 1 aliphatic carbocycles. The molecule has 86 valence electrons. The van der Waals surface area contributed by atoms with Crippen LogP contribution >= 0.6 is 0 Å². The standard InChI is InChI=1S/C11H19NO3/c13-9-4-3-8(6-9)7-12-11(14)10-2-1-5-15-10/h8-10,13H,1-7H2,(H,12,14)/t8?,9?,10-/m1/s1. The predicted octanol–water partition coefficient (Wildman–Crippen LogP) is 0.443. The minimum Gasteiger partial charge on any atom is -0.393 e. The zero-order valence-corrected chi connectivity index (χ0v) is 8.95. The first-order valence-corrected chi connectivity index (χ1v) is 5.83. The van der Waals surface area contributed by atoms with Crippen LogP contribution in [0.3, 0.4) is 0 Å². The SMILES string of the molecule is O=C(NCC1CCC(O)C1)[C@H]1CCCO1. The third kappa shape index (κ3) is 2.92. The van der Waals surface area contributed by atoms with Crippen molar-refractivity contribution in [2.45, 2.75) is 44.3 Å². The van der Waals surface area contributed by atoms with Crippen molar-refractivity contribution in [2.24, 2.45) is 5.92 Å². The van der Waals surface area contributed by atoms with Crippen molar-refractivity contribution in [1.29, 1.82) is 0 Å². The summed E-state index contributed by atoms with van der Waals surface area (Å²) in [6.07, 6.45) is 4.17. The van der Waals surface area contributed by atoms with Crippen LogP contribution in [0.4, 0.5) is 0 Å². The Balaban J connectivity index is 1.66. The van der Waals surface area contributed by atoms with Gasteiger partial charge in [-0.05, 0) is 38.0 Å². The highest BCUT2D eigenvalue weighted by Gasteiger charge is 2.26. The maximum Gasteiger partial charge on any atom is 0.249 e. The highest BCUT2D eigenvalue weighted by Crippen LogP contribution is 2.24. The number of hydrogen-bond donors (Lipinski definition) is 2. The molecular formula is C11H19NO3. The average molecular weight is 213 g/mol. The highest BCUT2D eigenvalue weighted by molar-refractivity contribution is 5.80. The van der Waals surface area contributed by atoms with E-state index in [-0.39, 0.29) is 18.1 Å². The molecule has 15 heavy (non-hydrogen) atoms. The number of ether oxygens (including phenoxy) is 1. The molecule has 4 heteroatoms. The summed E-state index contributed by atoms with van der Waals surface area (Å²) >= 11 is 0. The molecule has 0 aromatic rings. The molecule has 1 saturated carbocycles. The second kappa shape index (κ2) is 4.94. The number of aliphatic hydroxyl groups excluding tert-OH is 1. The van der Waals surface area contributed by atoms with Crippen LogP contribution in [0.15, 0.2) is 0 Å². The fraction of sp³-hybridized carbons (Fsp3) is 0.909. The van der Waals surface area contributed by atoms with Crippen molar-refractivity contribution < 1.29 is 14.6 Å². The van der Waals surface area contributed by atoms with Gasteiger partial charge in [-0.1, -0.05) is 0 Å². The van der Waals surface area contributed by atoms with E-state index in [0.717, 1.165) is 32.1 Å². The molecular weight excluding hydrogens is 194 g/mol. The number of hydrogen-bond acceptors (Lipinski definition) is 3. The highest BCUT2D eigenvalue weighted by atomic mass is 16.5. The van der Waals surface area contributed by atoms with Gasteiger partial charge >= 0.3 is 0 Å². The molecule has 0 aromatic carbocycles. The number of amides is 1. The third-order valence-electron chi connectivity index (χ3n) is 3.30. The molecule has 0 spiro atoms. The zero-order valence-electron chi connectivity index (χ0n) is 8.95. The topological polar surface area (TPSA) is 58.6 Å². The number of nitrogens with one attached hydrogen (secondary N) is 1. The lowest BCUT2D eigenvalue weighted by Crippen LogP contribution is -2.36. The van der Waals surface area contributed by atoms with Crippen molar-refractivity contribution in [3.8, 4) is 0 Å². The van der Waals surface area contributed by atoms with Crippen LogP contribution in [0.25, 0.3) is 0 Å². The van der Waals surface area contributed by atoms with Gasteiger partial charge in [-0.25, -0.2) is 0 Å². The van der Waals surface area contributed by atoms with E-state index in [2.05, 4.69) is 5.32 Å². The fourth-order valence-electron chi connectivity index (χ4n) is 2.38. The number of aliphatic hydroxyl groups is 1. The monoisotopic (exact) mass is 213 g/mol. The summed E-state index contributed by atoms with van der Waals surface area (Å²) in [5.41, 5.74) is 0. The summed E-state index contributed by atoms with van der Waals surface area (Å²) in [5.74, 6) is 0.472. The molecule has 2 rings (SSSR count). The van der Waals surface area contributed by atoms with Crippen LogP contribution in [-0.4, -0.2) is 36.4 Å². The Bertz CT molecular complexity index is 226. The van der Waals surface area contributed by atoms with Crippen LogP contribution in [-0.2, 0) is 9.53 Å². The Morgan fingerprint density at radius 2 is 2.27 bits per heavy atom. The van der Waals surface area contributed by atoms with Gasteiger partial charge in [0.15, 0.2) is 0 Å². The second-order valence-corrected chi connectivity index (χ2v) is 4.58. The molecule has 2 fully saturated rings. The number of carbonyl (C=O) groups excluding carboxylic acids is 1. The first-order chi connectivity index (χ1) is 7.25. The molecule has 3 atom stereocenters. The largest absolute Gasteiger partial charge is 0.393 e. The Morgan fingerprint density at radius 3 is 2.87 bits per heavy atom. The van der Waals surface area contributed by atoms with Crippen LogP contribution in [0, 0.1) is 5.92 Å². The van der Waals surface area contributed by atoms with Crippen LogP contribution < -0.4 is 5.32 Å². The first-order valence-electron chi connectivity index (χ1n) is 5.83. The molecule has 0 bridgehead atoms. The summed E-state index contributed by atoms with van der Waals surface area (Å²) in [6.45, 7) is 1.40. The Labute approximate surface area is 90.0 Å². The molecule has 1 amide bonds. The Kier molecular flexibility index (Phi) is 3.59. The minimum absolute atomic E-state index is 0.0221. The summed E-state index contributed by atoms with van der Waals surface area (Å²) in [6, 6.07) is 0. The van der Waals surface area contributed by atoms with Crippen molar-refractivity contribution in [3.63, 3.8) is 0 Å². The molecule has 1 aliphatic heterocycles. The van der Waals surface area contributed by atoms with E-state index in [1.165, 1.54) is 0 Å². The van der Waals surface area contributed by atoms with E-state index in [1.54, 1.807) is 0 Å². The molecule has 0 aromatic heterocycles. The van der Waals surface area contributed by atoms with Gasteiger partial charge in [0.2, 0.25) is 5.91 Å². The average Bonchev–Trinajstić information content (AvgIpc) is 2.84. The smallest absolute Gasteiger partial charge is 0.249 e. The predicted molar refractivity (Wildman–Crippen MR) is 55.3 cm³/mol. The summed E-state index contributed by atoms with van der Waals surface area (Å²) in [7, 11) is 0. The molecule has 1 saturated heterocycles. The first kappa shape index (κ1) is 10.9. The fourth-order valence-corrected chi connectivity index (χ4v) is 2.38. The lowest BCUT2D eigenvalue weighted by molar-refractivity contribution is -0.130. The summed E-state index contributed by atoms with van der Waals surface area (Å²) in [5, 5.41) is 12.3. The van der Waals surface area contributed by atoms with Crippen LogP contribution in [0.5, 0.6) is 0 Å².